The van der Waals surface area contributed by atoms with Gasteiger partial charge < -0.3 is 5.32 Å². The van der Waals surface area contributed by atoms with Crippen LogP contribution in [0.25, 0.3) is 0 Å². The Bertz CT molecular complexity index is 551. The standard InChI is InChI=1S/C14H21NO2S/c1-5-15-14-10(3)11(4)18(16,17)13-7-6-9(2)8-12(13)14/h6-8,10-11,14-15H,5H2,1-4H3. The molecule has 2 rings (SSSR count). The van der Waals surface area contributed by atoms with Crippen molar-refractivity contribution in [3.63, 3.8) is 0 Å². The number of nitrogens with one attached hydrogen (secondary N) is 1. The Kier molecular flexibility index (Phi) is 3.52. The predicted octanol–water partition coefficient (Wildman–Crippen LogP) is 2.46. The second-order valence-electron chi connectivity index (χ2n) is 5.19. The minimum Gasteiger partial charge on any atom is -0.310 e. The largest absolute Gasteiger partial charge is 0.310 e. The summed E-state index contributed by atoms with van der Waals surface area (Å²) >= 11 is 0. The van der Waals surface area contributed by atoms with Crippen LogP contribution in [0.2, 0.25) is 0 Å². The third-order valence-corrected chi connectivity index (χ3v) is 6.38. The van der Waals surface area contributed by atoms with E-state index in [1.54, 1.807) is 6.07 Å². The minimum absolute atomic E-state index is 0.0873. The van der Waals surface area contributed by atoms with Gasteiger partial charge in [0.1, 0.15) is 0 Å². The number of hydrogen-bond donors (Lipinski definition) is 1. The third kappa shape index (κ3) is 1.97. The van der Waals surface area contributed by atoms with Gasteiger partial charge in [-0.15, -0.1) is 0 Å². The highest BCUT2D eigenvalue weighted by molar-refractivity contribution is 7.92. The van der Waals surface area contributed by atoms with Gasteiger partial charge in [-0.25, -0.2) is 8.42 Å². The number of benzene rings is 1. The first-order chi connectivity index (χ1) is 8.39. The fourth-order valence-corrected chi connectivity index (χ4v) is 4.62. The van der Waals surface area contributed by atoms with Crippen LogP contribution in [-0.2, 0) is 9.84 Å². The molecule has 1 N–H and O–H groups in total. The zero-order chi connectivity index (χ0) is 13.5. The number of sulfone groups is 1. The molecule has 100 valence electrons. The van der Waals surface area contributed by atoms with Crippen LogP contribution in [0.3, 0.4) is 0 Å². The zero-order valence-electron chi connectivity index (χ0n) is 11.4. The van der Waals surface area contributed by atoms with Crippen LogP contribution < -0.4 is 5.32 Å². The molecule has 0 aromatic heterocycles. The maximum Gasteiger partial charge on any atom is 0.181 e. The van der Waals surface area contributed by atoms with Crippen LogP contribution in [0.15, 0.2) is 23.1 Å². The molecule has 18 heavy (non-hydrogen) atoms. The zero-order valence-corrected chi connectivity index (χ0v) is 12.2. The highest BCUT2D eigenvalue weighted by Gasteiger charge is 2.41. The summed E-state index contributed by atoms with van der Waals surface area (Å²) in [5.74, 6) is 0.0873. The van der Waals surface area contributed by atoms with Crippen LogP contribution in [0, 0.1) is 12.8 Å². The van der Waals surface area contributed by atoms with E-state index in [-0.39, 0.29) is 17.2 Å². The molecule has 1 aliphatic heterocycles. The summed E-state index contributed by atoms with van der Waals surface area (Å²) in [5.41, 5.74) is 2.04. The van der Waals surface area contributed by atoms with Crippen molar-refractivity contribution >= 4 is 9.84 Å². The summed E-state index contributed by atoms with van der Waals surface area (Å²) in [6, 6.07) is 5.76. The first kappa shape index (κ1) is 13.6. The Morgan fingerprint density at radius 2 is 1.94 bits per heavy atom. The SMILES string of the molecule is CCNC1c2cc(C)ccc2S(=O)(=O)C(C)C1C. The van der Waals surface area contributed by atoms with Crippen LogP contribution in [0.4, 0.5) is 0 Å². The molecule has 0 aliphatic carbocycles. The van der Waals surface area contributed by atoms with Crippen molar-refractivity contribution in [3.8, 4) is 0 Å². The smallest absolute Gasteiger partial charge is 0.181 e. The number of hydrogen-bond acceptors (Lipinski definition) is 3. The molecule has 3 nitrogen and oxygen atoms in total. The molecule has 3 unspecified atom stereocenters. The molecule has 0 bridgehead atoms. The quantitative estimate of drug-likeness (QED) is 0.895. The van der Waals surface area contributed by atoms with E-state index >= 15 is 0 Å². The lowest BCUT2D eigenvalue weighted by Crippen LogP contribution is -2.41. The topological polar surface area (TPSA) is 46.2 Å². The molecule has 4 heteroatoms. The van der Waals surface area contributed by atoms with Gasteiger partial charge in [0.25, 0.3) is 0 Å². The normalized spacial score (nSPS) is 29.9. The molecule has 1 aliphatic rings. The number of fused-ring (bicyclic) bond motifs is 1. The maximum absolute atomic E-state index is 12.4. The van der Waals surface area contributed by atoms with E-state index in [9.17, 15) is 8.42 Å². The first-order valence-corrected chi connectivity index (χ1v) is 8.02. The van der Waals surface area contributed by atoms with Gasteiger partial charge in [-0.2, -0.15) is 0 Å². The van der Waals surface area contributed by atoms with Gasteiger partial charge >= 0.3 is 0 Å². The molecule has 0 saturated carbocycles. The molecule has 0 fully saturated rings. The molecule has 0 spiro atoms. The lowest BCUT2D eigenvalue weighted by Gasteiger charge is -2.36. The van der Waals surface area contributed by atoms with E-state index in [0.29, 0.717) is 4.90 Å². The van der Waals surface area contributed by atoms with Crippen molar-refractivity contribution in [2.45, 2.75) is 43.9 Å². The van der Waals surface area contributed by atoms with E-state index in [4.69, 9.17) is 0 Å². The van der Waals surface area contributed by atoms with Gasteiger partial charge in [0.15, 0.2) is 9.84 Å². The second-order valence-corrected chi connectivity index (χ2v) is 7.46. The van der Waals surface area contributed by atoms with Crippen LogP contribution in [-0.4, -0.2) is 20.2 Å². The Hall–Kier alpha value is -0.870. The molecule has 0 saturated heterocycles. The van der Waals surface area contributed by atoms with Gasteiger partial charge in [0, 0.05) is 6.04 Å². The van der Waals surface area contributed by atoms with Gasteiger partial charge in [0.2, 0.25) is 0 Å². The molecule has 3 atom stereocenters. The Balaban J connectivity index is 2.65. The molecule has 1 aromatic carbocycles. The van der Waals surface area contributed by atoms with E-state index < -0.39 is 9.84 Å². The summed E-state index contributed by atoms with van der Waals surface area (Å²) in [6.45, 7) is 8.72. The van der Waals surface area contributed by atoms with Crippen molar-refractivity contribution in [2.24, 2.45) is 5.92 Å². The molecular formula is C14H21NO2S. The second kappa shape index (κ2) is 4.67. The Labute approximate surface area is 110 Å². The molecule has 0 amide bonds. The fraction of sp³-hybridized carbons (Fsp3) is 0.571. The van der Waals surface area contributed by atoms with Crippen molar-refractivity contribution in [2.75, 3.05) is 6.54 Å². The lowest BCUT2D eigenvalue weighted by atomic mass is 9.90. The Morgan fingerprint density at radius 1 is 1.28 bits per heavy atom. The van der Waals surface area contributed by atoms with Crippen molar-refractivity contribution in [1.29, 1.82) is 0 Å². The van der Waals surface area contributed by atoms with Crippen LogP contribution in [0.1, 0.15) is 37.9 Å². The summed E-state index contributed by atoms with van der Waals surface area (Å²) in [5, 5.41) is 3.09. The predicted molar refractivity (Wildman–Crippen MR) is 73.4 cm³/mol. The van der Waals surface area contributed by atoms with Gasteiger partial charge in [-0.1, -0.05) is 31.5 Å². The van der Waals surface area contributed by atoms with Gasteiger partial charge in [-0.3, -0.25) is 0 Å². The van der Waals surface area contributed by atoms with Crippen molar-refractivity contribution < 1.29 is 8.42 Å². The van der Waals surface area contributed by atoms with E-state index in [1.807, 2.05) is 32.9 Å². The average Bonchev–Trinajstić information content (AvgIpc) is 2.32. The summed E-state index contributed by atoms with van der Waals surface area (Å²) in [7, 11) is -3.18. The summed E-state index contributed by atoms with van der Waals surface area (Å²) < 4.78 is 24.9. The number of aryl methyl sites for hydroxylation is 1. The summed E-state index contributed by atoms with van der Waals surface area (Å²) in [4.78, 5) is 0.504. The van der Waals surface area contributed by atoms with Gasteiger partial charge in [0.05, 0.1) is 10.1 Å². The molecule has 1 aromatic rings. The van der Waals surface area contributed by atoms with Gasteiger partial charge in [-0.05, 0) is 37.9 Å². The molecular weight excluding hydrogens is 246 g/mol. The average molecular weight is 267 g/mol. The first-order valence-electron chi connectivity index (χ1n) is 6.47. The van der Waals surface area contributed by atoms with Crippen molar-refractivity contribution in [3.05, 3.63) is 29.3 Å². The monoisotopic (exact) mass is 267 g/mol. The summed E-state index contributed by atoms with van der Waals surface area (Å²) in [6.07, 6.45) is 0. The Morgan fingerprint density at radius 3 is 2.56 bits per heavy atom. The highest BCUT2D eigenvalue weighted by Crippen LogP contribution is 2.40. The van der Waals surface area contributed by atoms with Crippen LogP contribution in [0.5, 0.6) is 0 Å². The van der Waals surface area contributed by atoms with E-state index in [2.05, 4.69) is 12.2 Å². The van der Waals surface area contributed by atoms with Crippen LogP contribution >= 0.6 is 0 Å². The van der Waals surface area contributed by atoms with E-state index in [0.717, 1.165) is 17.7 Å². The maximum atomic E-state index is 12.4. The molecule has 0 radical (unpaired) electrons. The van der Waals surface area contributed by atoms with E-state index in [1.165, 1.54) is 0 Å². The fourth-order valence-electron chi connectivity index (χ4n) is 2.72. The minimum atomic E-state index is -3.18. The lowest BCUT2D eigenvalue weighted by molar-refractivity contribution is 0.364. The van der Waals surface area contributed by atoms with Crippen molar-refractivity contribution in [1.82, 2.24) is 5.32 Å². The molecule has 1 heterocycles. The number of rotatable bonds is 2. The third-order valence-electron chi connectivity index (χ3n) is 3.99. The highest BCUT2D eigenvalue weighted by atomic mass is 32.2.